The number of ether oxygens (including phenoxy) is 4. The summed E-state index contributed by atoms with van der Waals surface area (Å²) in [6, 6.07) is 16.8. The Balaban J connectivity index is 1.60. The first kappa shape index (κ1) is 49.9. The quantitative estimate of drug-likeness (QED) is 0.121. The molecule has 0 amide bonds. The van der Waals surface area contributed by atoms with E-state index < -0.39 is 21.8 Å². The standard InChI is InChI=1S/C56H78O8P2/c1-53(2,3)45-31-35(57-13)27-41(49(45)61-65(39-23-19-17-20-24-39)40-25-21-18-22-26-40)42-28-36(58-14)32-46(54(4,5)6)50(42)62-66-63-51-43(29-37(59-15)33-47(51)55(7,8)9)44-30-38(60-16)34-48(52(44)64-66)56(10,11)12/h27-34,39-40H,17-26H2,1-16H3. The maximum absolute atomic E-state index is 7.88. The Hall–Kier alpha value is -3.99. The van der Waals surface area contributed by atoms with Crippen LogP contribution in [0.4, 0.5) is 0 Å². The summed E-state index contributed by atoms with van der Waals surface area (Å²) in [5.74, 6) is 4.53. The summed E-state index contributed by atoms with van der Waals surface area (Å²) in [4.78, 5) is 0. The summed E-state index contributed by atoms with van der Waals surface area (Å²) in [6.45, 7) is 26.6. The fourth-order valence-electron chi connectivity index (χ4n) is 9.81. The third kappa shape index (κ3) is 10.7. The second-order valence-corrected chi connectivity index (χ2v) is 26.1. The topological polar surface area (TPSA) is 81.7 Å². The van der Waals surface area contributed by atoms with E-state index in [2.05, 4.69) is 119 Å². The molecule has 66 heavy (non-hydrogen) atoms. The highest BCUT2D eigenvalue weighted by Crippen LogP contribution is 2.60. The molecular weight excluding hydrogens is 863 g/mol. The van der Waals surface area contributed by atoms with Crippen molar-refractivity contribution in [3.05, 3.63) is 70.8 Å². The van der Waals surface area contributed by atoms with Crippen molar-refractivity contribution in [1.29, 1.82) is 0 Å². The maximum Gasteiger partial charge on any atom is 0.453 e. The van der Waals surface area contributed by atoms with Crippen LogP contribution < -0.4 is 28.0 Å². The second-order valence-electron chi connectivity index (χ2n) is 22.7. The lowest BCUT2D eigenvalue weighted by atomic mass is 9.81. The molecule has 10 heteroatoms. The van der Waals surface area contributed by atoms with Crippen molar-refractivity contribution < 1.29 is 36.4 Å². The van der Waals surface area contributed by atoms with Gasteiger partial charge in [0.1, 0.15) is 45.7 Å². The second kappa shape index (κ2) is 19.6. The zero-order chi connectivity index (χ0) is 47.9. The third-order valence-electron chi connectivity index (χ3n) is 13.6. The third-order valence-corrected chi connectivity index (χ3v) is 17.4. The average Bonchev–Trinajstić information content (AvgIpc) is 3.42. The molecule has 8 nitrogen and oxygen atoms in total. The van der Waals surface area contributed by atoms with Crippen LogP contribution in [-0.2, 0) is 21.7 Å². The van der Waals surface area contributed by atoms with E-state index in [9.17, 15) is 0 Å². The summed E-state index contributed by atoms with van der Waals surface area (Å²) in [5.41, 5.74) is 6.98. The van der Waals surface area contributed by atoms with Crippen molar-refractivity contribution in [3.8, 4) is 45.6 Å². The highest BCUT2D eigenvalue weighted by atomic mass is 31.1. The van der Waals surface area contributed by atoms with Crippen molar-refractivity contribution in [1.82, 2.24) is 0 Å². The molecule has 1 heterocycles. The maximum atomic E-state index is 7.88. The molecule has 0 spiro atoms. The normalized spacial score (nSPS) is 15.9. The number of methoxy groups -OCH3 is 4. The zero-order valence-corrected chi connectivity index (χ0v) is 44.8. The molecule has 2 aliphatic rings. The molecule has 0 N–H and O–H groups in total. The van der Waals surface area contributed by atoms with Gasteiger partial charge in [-0.15, -0.1) is 0 Å². The van der Waals surface area contributed by atoms with Crippen molar-refractivity contribution in [2.45, 2.75) is 180 Å². The van der Waals surface area contributed by atoms with Crippen LogP contribution in [0, 0.1) is 0 Å². The van der Waals surface area contributed by atoms with Gasteiger partial charge in [0.2, 0.25) is 0 Å². The van der Waals surface area contributed by atoms with E-state index in [0.717, 1.165) is 72.9 Å². The lowest BCUT2D eigenvalue weighted by Crippen LogP contribution is -2.24. The minimum absolute atomic E-state index is 0.272. The van der Waals surface area contributed by atoms with Gasteiger partial charge in [-0.2, -0.15) is 0 Å². The van der Waals surface area contributed by atoms with Crippen LogP contribution >= 0.6 is 16.4 Å². The molecule has 4 aromatic carbocycles. The Morgan fingerprint density at radius 2 is 0.773 bits per heavy atom. The van der Waals surface area contributed by atoms with Gasteiger partial charge in [0.15, 0.2) is 0 Å². The first-order valence-corrected chi connectivity index (χ1v) is 26.8. The van der Waals surface area contributed by atoms with Crippen LogP contribution in [0.2, 0.25) is 0 Å². The van der Waals surface area contributed by atoms with E-state index in [0.29, 0.717) is 28.2 Å². The highest BCUT2D eigenvalue weighted by Gasteiger charge is 2.38. The lowest BCUT2D eigenvalue weighted by molar-refractivity contribution is 0.408. The number of fused-ring (bicyclic) bond motifs is 3. The van der Waals surface area contributed by atoms with Gasteiger partial charge in [0.05, 0.1) is 36.6 Å². The summed E-state index contributed by atoms with van der Waals surface area (Å²) in [5, 5.41) is 1.71. The largest absolute Gasteiger partial charge is 0.497 e. The fraction of sp³-hybridized carbons (Fsp3) is 0.571. The number of benzene rings is 4. The molecule has 0 radical (unpaired) electrons. The number of hydrogen-bond donors (Lipinski definition) is 0. The van der Waals surface area contributed by atoms with Crippen LogP contribution in [0.5, 0.6) is 34.5 Å². The molecule has 360 valence electrons. The summed E-state index contributed by atoms with van der Waals surface area (Å²) < 4.78 is 54.3. The summed E-state index contributed by atoms with van der Waals surface area (Å²) in [7, 11) is 3.94. The first-order valence-electron chi connectivity index (χ1n) is 24.3. The molecule has 2 fully saturated rings. The first-order chi connectivity index (χ1) is 31.0. The van der Waals surface area contributed by atoms with Crippen LogP contribution in [0.25, 0.3) is 33.1 Å². The minimum Gasteiger partial charge on any atom is -0.497 e. The zero-order valence-electron chi connectivity index (χ0n) is 43.0. The molecule has 0 bridgehead atoms. The molecule has 0 saturated heterocycles. The van der Waals surface area contributed by atoms with Gasteiger partial charge in [-0.3, -0.25) is 0 Å². The molecule has 0 atom stereocenters. The van der Waals surface area contributed by atoms with Crippen molar-refractivity contribution in [2.75, 3.05) is 28.4 Å². The Kier molecular flexibility index (Phi) is 14.8. The van der Waals surface area contributed by atoms with E-state index in [1.54, 1.807) is 28.4 Å². The Morgan fingerprint density at radius 3 is 1.14 bits per heavy atom. The SMILES string of the molecule is COc1cc(-c2cc(OC)cc(C(C)(C)C)c2Op2oc3c(C(C)(C)C)cc(OC)cc3c3cc(OC)cc(C(C)(C)C)c3o2)c(OP(C2CCCCC2)C2CCCCC2)c(C(C)(C)C)c1. The van der Waals surface area contributed by atoms with Crippen LogP contribution in [0.15, 0.2) is 56.9 Å². The van der Waals surface area contributed by atoms with Gasteiger partial charge in [0.25, 0.3) is 0 Å². The molecule has 2 saturated carbocycles. The lowest BCUT2D eigenvalue weighted by Gasteiger charge is -2.39. The smallest absolute Gasteiger partial charge is 0.453 e. The number of rotatable bonds is 11. The van der Waals surface area contributed by atoms with Crippen LogP contribution in [0.1, 0.15) is 170 Å². The molecule has 0 aliphatic heterocycles. The van der Waals surface area contributed by atoms with Crippen LogP contribution in [0.3, 0.4) is 0 Å². The van der Waals surface area contributed by atoms with Gasteiger partial charge >= 0.3 is 8.24 Å². The summed E-state index contributed by atoms with van der Waals surface area (Å²) in [6.07, 6.45) is 12.6. The number of hydrogen-bond acceptors (Lipinski definition) is 8. The Labute approximate surface area is 398 Å². The molecule has 5 aromatic rings. The van der Waals surface area contributed by atoms with Gasteiger partial charge in [-0.05, 0) is 95.9 Å². The molecular formula is C56H78O8P2. The van der Waals surface area contributed by atoms with Gasteiger partial charge in [0, 0.05) is 55.5 Å². The van der Waals surface area contributed by atoms with E-state index in [-0.39, 0.29) is 16.2 Å². The van der Waals surface area contributed by atoms with Gasteiger partial charge in [-0.25, -0.2) is 0 Å². The Bertz CT molecular complexity index is 2450. The van der Waals surface area contributed by atoms with Gasteiger partial charge < -0.3 is 36.4 Å². The monoisotopic (exact) mass is 941 g/mol. The molecule has 7 rings (SSSR count). The molecule has 1 aromatic heterocycles. The van der Waals surface area contributed by atoms with E-state index in [1.165, 1.54) is 64.2 Å². The van der Waals surface area contributed by atoms with Gasteiger partial charge in [-0.1, -0.05) is 122 Å². The molecule has 2 aliphatic carbocycles. The van der Waals surface area contributed by atoms with Crippen LogP contribution in [-0.4, -0.2) is 39.8 Å². The van der Waals surface area contributed by atoms with E-state index in [1.807, 2.05) is 12.1 Å². The van der Waals surface area contributed by atoms with Crippen molar-refractivity contribution in [3.63, 3.8) is 0 Å². The van der Waals surface area contributed by atoms with E-state index in [4.69, 9.17) is 36.4 Å². The summed E-state index contributed by atoms with van der Waals surface area (Å²) >= 11 is 0. The van der Waals surface area contributed by atoms with Crippen molar-refractivity contribution in [2.24, 2.45) is 0 Å². The Morgan fingerprint density at radius 1 is 0.439 bits per heavy atom. The predicted molar refractivity (Wildman–Crippen MR) is 277 cm³/mol. The van der Waals surface area contributed by atoms with Crippen molar-refractivity contribution >= 4 is 38.3 Å². The molecule has 0 unspecified atom stereocenters. The predicted octanol–water partition coefficient (Wildman–Crippen LogP) is 17.5. The highest BCUT2D eigenvalue weighted by molar-refractivity contribution is 7.54. The average molecular weight is 941 g/mol. The van der Waals surface area contributed by atoms with E-state index >= 15 is 0 Å². The minimum atomic E-state index is -2.17. The fourth-order valence-corrected chi connectivity index (χ4v) is 14.0.